The van der Waals surface area contributed by atoms with Crippen LogP contribution in [-0.4, -0.2) is 54.9 Å². The van der Waals surface area contributed by atoms with Crippen molar-refractivity contribution in [1.29, 1.82) is 0 Å². The smallest absolute Gasteiger partial charge is 0.422 e. The Bertz CT molecular complexity index is 1360. The lowest BCUT2D eigenvalue weighted by Crippen LogP contribution is -2.19. The number of alkyl halides is 3. The van der Waals surface area contributed by atoms with E-state index in [9.17, 15) is 22.8 Å². The molecule has 9 nitrogen and oxygen atoms in total. The Hall–Kier alpha value is -4.74. The Balaban J connectivity index is 0.000000260. The minimum atomic E-state index is -4.39. The number of ether oxygens (including phenoxy) is 1. The Labute approximate surface area is 215 Å². The predicted molar refractivity (Wildman–Crippen MR) is 130 cm³/mol. The van der Waals surface area contributed by atoms with Gasteiger partial charge in [0.15, 0.2) is 6.61 Å². The summed E-state index contributed by atoms with van der Waals surface area (Å²) in [6, 6.07) is 16.5. The van der Waals surface area contributed by atoms with Crippen molar-refractivity contribution in [2.45, 2.75) is 26.1 Å². The summed E-state index contributed by atoms with van der Waals surface area (Å²) in [5.74, 6) is -2.31. The van der Waals surface area contributed by atoms with Crippen LogP contribution in [0, 0.1) is 6.92 Å². The number of benzene rings is 2. The molecule has 4 aromatic rings. The van der Waals surface area contributed by atoms with Crippen LogP contribution in [0.15, 0.2) is 73.1 Å². The van der Waals surface area contributed by atoms with Gasteiger partial charge in [-0.2, -0.15) is 13.2 Å². The summed E-state index contributed by atoms with van der Waals surface area (Å²) in [4.78, 5) is 25.0. The molecule has 0 bridgehead atoms. The number of carboxylic acids is 2. The number of pyridine rings is 1. The third kappa shape index (κ3) is 7.88. The molecule has 0 fully saturated rings. The average Bonchev–Trinajstić information content (AvgIpc) is 3.38. The minimum absolute atomic E-state index is 0.00241. The molecule has 2 aromatic heterocycles. The highest BCUT2D eigenvalue weighted by Gasteiger charge is 2.28. The monoisotopic (exact) mass is 528 g/mol. The van der Waals surface area contributed by atoms with Gasteiger partial charge in [0.1, 0.15) is 5.69 Å². The van der Waals surface area contributed by atoms with Crippen molar-refractivity contribution in [3.05, 3.63) is 95.3 Å². The van der Waals surface area contributed by atoms with Crippen LogP contribution in [0.25, 0.3) is 11.3 Å². The van der Waals surface area contributed by atoms with Crippen LogP contribution >= 0.6 is 0 Å². The minimum Gasteiger partial charge on any atom is -0.478 e. The second-order valence-corrected chi connectivity index (χ2v) is 8.16. The number of halogens is 3. The Morgan fingerprint density at radius 1 is 1.00 bits per heavy atom. The van der Waals surface area contributed by atoms with Gasteiger partial charge in [-0.15, -0.1) is 5.10 Å². The molecule has 0 radical (unpaired) electrons. The third-order valence-electron chi connectivity index (χ3n) is 5.17. The first-order valence-electron chi connectivity index (χ1n) is 11.1. The molecule has 2 N–H and O–H groups in total. The number of aromatic carboxylic acids is 2. The van der Waals surface area contributed by atoms with Gasteiger partial charge in [0.25, 0.3) is 0 Å². The largest absolute Gasteiger partial charge is 0.478 e. The van der Waals surface area contributed by atoms with E-state index in [1.807, 2.05) is 43.5 Å². The molecule has 0 saturated carbocycles. The van der Waals surface area contributed by atoms with Crippen molar-refractivity contribution in [2.75, 3.05) is 6.61 Å². The topological polar surface area (TPSA) is 127 Å². The molecule has 12 heteroatoms. The van der Waals surface area contributed by atoms with Gasteiger partial charge in [0.2, 0.25) is 5.88 Å². The fraction of sp³-hybridized carbons (Fsp3) is 0.192. The first-order chi connectivity index (χ1) is 17.9. The van der Waals surface area contributed by atoms with Gasteiger partial charge < -0.3 is 14.9 Å². The van der Waals surface area contributed by atoms with E-state index < -0.39 is 24.7 Å². The summed E-state index contributed by atoms with van der Waals surface area (Å²) in [6.45, 7) is 2.19. The number of hydrogen-bond donors (Lipinski definition) is 2. The van der Waals surface area contributed by atoms with Gasteiger partial charge >= 0.3 is 18.1 Å². The molecular formula is C26H23F3N4O5. The van der Waals surface area contributed by atoms with E-state index in [2.05, 4.69) is 20.0 Å². The fourth-order valence-electron chi connectivity index (χ4n) is 3.27. The molecule has 2 aromatic carbocycles. The summed E-state index contributed by atoms with van der Waals surface area (Å²) < 4.78 is 42.7. The highest BCUT2D eigenvalue weighted by Crippen LogP contribution is 2.22. The molecule has 198 valence electrons. The molecule has 0 aliphatic heterocycles. The van der Waals surface area contributed by atoms with Crippen LogP contribution in [0.3, 0.4) is 0 Å². The van der Waals surface area contributed by atoms with Crippen LogP contribution in [-0.2, 0) is 0 Å². The van der Waals surface area contributed by atoms with E-state index in [1.165, 1.54) is 24.4 Å². The molecule has 2 heterocycles. The van der Waals surface area contributed by atoms with E-state index in [1.54, 1.807) is 17.7 Å². The Morgan fingerprint density at radius 2 is 1.63 bits per heavy atom. The standard InChI is InChI=1S/C17H15F3N4O.C9H8O4/c1-12(14-7-8-16(21-9-14)25-11-17(18,19)20)24-10-15(22-23-24)13-5-3-2-4-6-13;1-5-2-6(8(10)11)4-7(3-5)9(12)13/h2-10,12H,11H2,1H3;2-4H,1H3,(H,10,11)(H,12,13). The summed E-state index contributed by atoms with van der Waals surface area (Å²) in [7, 11) is 0. The van der Waals surface area contributed by atoms with Crippen molar-refractivity contribution in [1.82, 2.24) is 20.0 Å². The number of aryl methyl sites for hydroxylation is 1. The first-order valence-corrected chi connectivity index (χ1v) is 11.1. The molecule has 0 saturated heterocycles. The number of aromatic nitrogens is 4. The molecular weight excluding hydrogens is 505 g/mol. The van der Waals surface area contributed by atoms with Crippen LogP contribution < -0.4 is 4.74 Å². The highest BCUT2D eigenvalue weighted by molar-refractivity contribution is 5.94. The second-order valence-electron chi connectivity index (χ2n) is 8.16. The van der Waals surface area contributed by atoms with Crippen molar-refractivity contribution in [3.63, 3.8) is 0 Å². The van der Waals surface area contributed by atoms with Crippen LogP contribution in [0.1, 0.15) is 44.8 Å². The van der Waals surface area contributed by atoms with Gasteiger partial charge in [-0.3, -0.25) is 0 Å². The first kappa shape index (κ1) is 27.8. The highest BCUT2D eigenvalue weighted by atomic mass is 19.4. The lowest BCUT2D eigenvalue weighted by atomic mass is 10.1. The van der Waals surface area contributed by atoms with E-state index in [0.717, 1.165) is 22.9 Å². The van der Waals surface area contributed by atoms with E-state index >= 15 is 0 Å². The zero-order valence-electron chi connectivity index (χ0n) is 20.3. The predicted octanol–water partition coefficient (Wildman–Crippen LogP) is 5.28. The molecule has 0 aliphatic carbocycles. The number of carbonyl (C=O) groups is 2. The molecule has 4 rings (SSSR count). The SMILES string of the molecule is CC(c1ccc(OCC(F)(F)F)nc1)n1cc(-c2ccccc2)nn1.Cc1cc(C(=O)O)cc(C(=O)O)c1. The van der Waals surface area contributed by atoms with E-state index in [4.69, 9.17) is 10.2 Å². The van der Waals surface area contributed by atoms with Gasteiger partial charge in [-0.25, -0.2) is 19.3 Å². The van der Waals surface area contributed by atoms with Gasteiger partial charge in [-0.1, -0.05) is 35.5 Å². The Kier molecular flexibility index (Phi) is 8.79. The summed E-state index contributed by atoms with van der Waals surface area (Å²) >= 11 is 0. The zero-order chi connectivity index (χ0) is 27.9. The quantitative estimate of drug-likeness (QED) is 0.332. The van der Waals surface area contributed by atoms with Crippen molar-refractivity contribution >= 4 is 11.9 Å². The summed E-state index contributed by atoms with van der Waals surface area (Å²) in [5.41, 5.74) is 3.09. The lowest BCUT2D eigenvalue weighted by Gasteiger charge is -2.12. The number of rotatable bonds is 7. The molecule has 0 spiro atoms. The van der Waals surface area contributed by atoms with E-state index in [-0.39, 0.29) is 23.0 Å². The lowest BCUT2D eigenvalue weighted by molar-refractivity contribution is -0.154. The number of carboxylic acid groups (broad SMARTS) is 2. The number of nitrogens with zero attached hydrogens (tertiary/aromatic N) is 4. The molecule has 0 amide bonds. The molecule has 1 unspecified atom stereocenters. The molecule has 38 heavy (non-hydrogen) atoms. The summed E-state index contributed by atoms with van der Waals surface area (Å²) in [6.07, 6.45) is -1.10. The van der Waals surface area contributed by atoms with Gasteiger partial charge in [-0.05, 0) is 49.2 Å². The maximum atomic E-state index is 12.1. The maximum Gasteiger partial charge on any atom is 0.422 e. The van der Waals surface area contributed by atoms with Crippen LogP contribution in [0.5, 0.6) is 5.88 Å². The van der Waals surface area contributed by atoms with Crippen molar-refractivity contribution in [2.24, 2.45) is 0 Å². The number of hydrogen-bond acceptors (Lipinski definition) is 6. The summed E-state index contributed by atoms with van der Waals surface area (Å²) in [5, 5.41) is 25.5. The third-order valence-corrected chi connectivity index (χ3v) is 5.17. The van der Waals surface area contributed by atoms with Gasteiger partial charge in [0.05, 0.1) is 23.4 Å². The normalized spacial score (nSPS) is 11.7. The fourth-order valence-corrected chi connectivity index (χ4v) is 3.27. The van der Waals surface area contributed by atoms with Crippen molar-refractivity contribution in [3.8, 4) is 17.1 Å². The molecule has 0 aliphatic rings. The van der Waals surface area contributed by atoms with Gasteiger partial charge in [0, 0.05) is 17.8 Å². The van der Waals surface area contributed by atoms with E-state index in [0.29, 0.717) is 5.56 Å². The molecule has 1 atom stereocenters. The van der Waals surface area contributed by atoms with Crippen LogP contribution in [0.4, 0.5) is 13.2 Å². The maximum absolute atomic E-state index is 12.1. The Morgan fingerprint density at radius 3 is 2.16 bits per heavy atom. The average molecular weight is 528 g/mol. The van der Waals surface area contributed by atoms with Crippen molar-refractivity contribution < 1.29 is 37.7 Å². The van der Waals surface area contributed by atoms with Crippen LogP contribution in [0.2, 0.25) is 0 Å². The zero-order valence-corrected chi connectivity index (χ0v) is 20.3. The second kappa shape index (κ2) is 12.0.